The topological polar surface area (TPSA) is 70.3 Å². The largest absolute Gasteiger partial charge is 0.465 e. The molecule has 0 spiro atoms. The number of hydrogen-bond acceptors (Lipinski definition) is 4. The van der Waals surface area contributed by atoms with Crippen LogP contribution >= 0.6 is 0 Å². The summed E-state index contributed by atoms with van der Waals surface area (Å²) >= 11 is 0. The minimum absolute atomic E-state index is 0.118. The molecule has 1 atom stereocenters. The molecule has 0 aliphatic heterocycles. The smallest absolute Gasteiger partial charge is 0.336 e. The minimum Gasteiger partial charge on any atom is -0.465 e. The van der Waals surface area contributed by atoms with Gasteiger partial charge in [0.2, 0.25) is 0 Å². The van der Waals surface area contributed by atoms with Crippen LogP contribution in [0, 0.1) is 17.3 Å². The van der Waals surface area contributed by atoms with Gasteiger partial charge in [-0.2, -0.15) is 0 Å². The predicted octanol–water partition coefficient (Wildman–Crippen LogP) is 6.48. The Hall–Kier alpha value is -3.41. The van der Waals surface area contributed by atoms with Crippen LogP contribution in [0.4, 0.5) is 0 Å². The molecule has 204 valence electrons. The minimum atomic E-state index is -0.472. The van der Waals surface area contributed by atoms with Gasteiger partial charge in [0.15, 0.2) is 0 Å². The first-order chi connectivity index (χ1) is 18.1. The van der Waals surface area contributed by atoms with Crippen molar-refractivity contribution in [2.45, 2.75) is 73.3 Å². The number of nitrogens with zero attached hydrogens (tertiary/aromatic N) is 2. The molecule has 0 aliphatic carbocycles. The highest BCUT2D eigenvalue weighted by molar-refractivity contribution is 5.76. The highest BCUT2D eigenvalue weighted by Gasteiger charge is 2.38. The Morgan fingerprint density at radius 2 is 1.47 bits per heavy atom. The average molecular weight is 519 g/mol. The molecular formula is C32H42N2O4. The SMILES string of the molecule is CC(C)CC(C)(C(=O)OCCCCCCn1c(=O)cc(-c2ccccc2)n(-c2ccccc2)c1=O)C(C)C. The number of unbranched alkanes of at least 4 members (excludes halogenated alkanes) is 3. The lowest BCUT2D eigenvalue weighted by atomic mass is 9.73. The van der Waals surface area contributed by atoms with Gasteiger partial charge in [-0.05, 0) is 62.1 Å². The number of rotatable bonds is 13. The van der Waals surface area contributed by atoms with Gasteiger partial charge < -0.3 is 4.74 Å². The first-order valence-electron chi connectivity index (χ1n) is 13.8. The number of esters is 1. The Bertz CT molecular complexity index is 1290. The molecular weight excluding hydrogens is 476 g/mol. The van der Waals surface area contributed by atoms with Crippen molar-refractivity contribution in [1.82, 2.24) is 9.13 Å². The zero-order chi connectivity index (χ0) is 27.7. The first-order valence-corrected chi connectivity index (χ1v) is 13.8. The molecule has 2 aromatic carbocycles. The molecule has 1 unspecified atom stereocenters. The molecule has 6 heteroatoms. The van der Waals surface area contributed by atoms with E-state index in [0.717, 1.165) is 36.9 Å². The number of carbonyl (C=O) groups is 1. The maximum Gasteiger partial charge on any atom is 0.336 e. The molecule has 0 radical (unpaired) electrons. The van der Waals surface area contributed by atoms with Gasteiger partial charge in [0, 0.05) is 12.6 Å². The summed E-state index contributed by atoms with van der Waals surface area (Å²) in [5.41, 5.74) is 1.00. The monoisotopic (exact) mass is 518 g/mol. The summed E-state index contributed by atoms with van der Waals surface area (Å²) in [5, 5.41) is 0. The Morgan fingerprint density at radius 3 is 2.08 bits per heavy atom. The van der Waals surface area contributed by atoms with Crippen LogP contribution in [0.1, 0.15) is 66.7 Å². The fourth-order valence-corrected chi connectivity index (χ4v) is 4.89. The van der Waals surface area contributed by atoms with E-state index in [1.165, 1.54) is 4.57 Å². The number of para-hydroxylation sites is 1. The van der Waals surface area contributed by atoms with Crippen molar-refractivity contribution in [2.75, 3.05) is 6.61 Å². The Labute approximate surface area is 226 Å². The van der Waals surface area contributed by atoms with Crippen LogP contribution in [-0.4, -0.2) is 21.7 Å². The Balaban J connectivity index is 1.62. The maximum absolute atomic E-state index is 13.5. The standard InChI is InChI=1S/C32H42N2O4/c1-24(2)23-32(5,25(3)4)30(36)38-21-15-7-6-14-20-33-29(35)22-28(26-16-10-8-11-17-26)34(31(33)37)27-18-12-9-13-19-27/h8-13,16-19,22,24-25H,6-7,14-15,20-21,23H2,1-5H3. The molecule has 0 bridgehead atoms. The molecule has 3 rings (SSSR count). The van der Waals surface area contributed by atoms with Crippen LogP contribution in [0.15, 0.2) is 76.3 Å². The van der Waals surface area contributed by atoms with Crippen LogP contribution in [0.25, 0.3) is 16.9 Å². The Morgan fingerprint density at radius 1 is 0.868 bits per heavy atom. The second-order valence-electron chi connectivity index (χ2n) is 11.1. The predicted molar refractivity (Wildman–Crippen MR) is 154 cm³/mol. The number of benzene rings is 2. The van der Waals surface area contributed by atoms with Gasteiger partial charge >= 0.3 is 11.7 Å². The highest BCUT2D eigenvalue weighted by atomic mass is 16.5. The van der Waals surface area contributed by atoms with E-state index < -0.39 is 5.41 Å². The summed E-state index contributed by atoms with van der Waals surface area (Å²) in [6.07, 6.45) is 3.96. The van der Waals surface area contributed by atoms with Crippen LogP contribution in [0.3, 0.4) is 0 Å². The molecule has 0 N–H and O–H groups in total. The first kappa shape index (κ1) is 29.2. The molecule has 1 aromatic heterocycles. The summed E-state index contributed by atoms with van der Waals surface area (Å²) in [4.78, 5) is 39.3. The van der Waals surface area contributed by atoms with Gasteiger partial charge in [-0.15, -0.1) is 0 Å². The van der Waals surface area contributed by atoms with Crippen molar-refractivity contribution in [2.24, 2.45) is 17.3 Å². The average Bonchev–Trinajstić information content (AvgIpc) is 2.89. The van der Waals surface area contributed by atoms with E-state index in [2.05, 4.69) is 27.7 Å². The lowest BCUT2D eigenvalue weighted by molar-refractivity contribution is -0.159. The zero-order valence-corrected chi connectivity index (χ0v) is 23.5. The quantitative estimate of drug-likeness (QED) is 0.192. The molecule has 3 aromatic rings. The van der Waals surface area contributed by atoms with Crippen molar-refractivity contribution in [3.63, 3.8) is 0 Å². The van der Waals surface area contributed by atoms with Crippen molar-refractivity contribution in [3.05, 3.63) is 87.6 Å². The molecule has 6 nitrogen and oxygen atoms in total. The molecule has 38 heavy (non-hydrogen) atoms. The van der Waals surface area contributed by atoms with Crippen molar-refractivity contribution >= 4 is 5.97 Å². The number of aromatic nitrogens is 2. The van der Waals surface area contributed by atoms with Gasteiger partial charge in [0.05, 0.1) is 23.4 Å². The maximum atomic E-state index is 13.5. The number of carbonyl (C=O) groups excluding carboxylic acids is 1. The molecule has 0 saturated carbocycles. The second-order valence-corrected chi connectivity index (χ2v) is 11.1. The summed E-state index contributed by atoms with van der Waals surface area (Å²) in [6.45, 7) is 11.1. The fourth-order valence-electron chi connectivity index (χ4n) is 4.89. The van der Waals surface area contributed by atoms with E-state index in [0.29, 0.717) is 31.2 Å². The van der Waals surface area contributed by atoms with Crippen LogP contribution < -0.4 is 11.2 Å². The van der Waals surface area contributed by atoms with Gasteiger partial charge in [-0.25, -0.2) is 4.79 Å². The van der Waals surface area contributed by atoms with Gasteiger partial charge in [-0.1, -0.05) is 82.6 Å². The fraction of sp³-hybridized carbons (Fsp3) is 0.469. The van der Waals surface area contributed by atoms with Crippen molar-refractivity contribution in [3.8, 4) is 16.9 Å². The molecule has 0 fully saturated rings. The third kappa shape index (κ3) is 7.12. The van der Waals surface area contributed by atoms with Crippen LogP contribution in [0.2, 0.25) is 0 Å². The lowest BCUT2D eigenvalue weighted by Crippen LogP contribution is -2.39. The van der Waals surface area contributed by atoms with E-state index in [1.807, 2.05) is 67.6 Å². The number of ether oxygens (including phenoxy) is 1. The summed E-state index contributed by atoms with van der Waals surface area (Å²) in [5.74, 6) is 0.517. The normalized spacial score (nSPS) is 13.0. The van der Waals surface area contributed by atoms with Gasteiger partial charge in [-0.3, -0.25) is 18.7 Å². The zero-order valence-electron chi connectivity index (χ0n) is 23.5. The van der Waals surface area contributed by atoms with Crippen molar-refractivity contribution in [1.29, 1.82) is 0 Å². The molecule has 0 aliphatic rings. The third-order valence-electron chi connectivity index (χ3n) is 7.36. The van der Waals surface area contributed by atoms with E-state index >= 15 is 0 Å². The molecule has 0 amide bonds. The van der Waals surface area contributed by atoms with E-state index in [4.69, 9.17) is 4.74 Å². The van der Waals surface area contributed by atoms with Gasteiger partial charge in [0.25, 0.3) is 5.56 Å². The lowest BCUT2D eigenvalue weighted by Gasteiger charge is -2.32. The van der Waals surface area contributed by atoms with E-state index in [9.17, 15) is 14.4 Å². The number of hydrogen-bond donors (Lipinski definition) is 0. The summed E-state index contributed by atoms with van der Waals surface area (Å²) in [7, 11) is 0. The Kier molecular flexibility index (Phi) is 10.3. The van der Waals surface area contributed by atoms with Crippen LogP contribution in [-0.2, 0) is 16.1 Å². The van der Waals surface area contributed by atoms with Crippen molar-refractivity contribution < 1.29 is 9.53 Å². The van der Waals surface area contributed by atoms with E-state index in [-0.39, 0.29) is 23.1 Å². The summed E-state index contributed by atoms with van der Waals surface area (Å²) < 4.78 is 8.57. The molecule has 1 heterocycles. The molecule has 0 saturated heterocycles. The highest BCUT2D eigenvalue weighted by Crippen LogP contribution is 2.35. The third-order valence-corrected chi connectivity index (χ3v) is 7.36. The van der Waals surface area contributed by atoms with Crippen LogP contribution in [0.5, 0.6) is 0 Å². The second kappa shape index (κ2) is 13.4. The van der Waals surface area contributed by atoms with E-state index in [1.54, 1.807) is 10.6 Å². The van der Waals surface area contributed by atoms with Gasteiger partial charge in [0.1, 0.15) is 0 Å². The summed E-state index contributed by atoms with van der Waals surface area (Å²) in [6, 6.07) is 20.4.